The van der Waals surface area contributed by atoms with E-state index in [1.54, 1.807) is 12.1 Å². The van der Waals surface area contributed by atoms with E-state index in [-0.39, 0.29) is 0 Å². The summed E-state index contributed by atoms with van der Waals surface area (Å²) in [7, 11) is 0. The summed E-state index contributed by atoms with van der Waals surface area (Å²) in [4.78, 5) is 0. The number of hydrogen-bond acceptors (Lipinski definition) is 1. The first kappa shape index (κ1) is 24.4. The molecule has 4 aromatic carbocycles. The Labute approximate surface area is 214 Å². The molecule has 0 bridgehead atoms. The lowest BCUT2D eigenvalue weighted by atomic mass is 9.13. The van der Waals surface area contributed by atoms with Gasteiger partial charge in [-0.15, -0.1) is 0 Å². The Balaban J connectivity index is 0.000000233. The van der Waals surface area contributed by atoms with E-state index in [1.807, 2.05) is 23.0 Å². The highest BCUT2D eigenvalue weighted by Crippen LogP contribution is 2.09. The van der Waals surface area contributed by atoms with Gasteiger partial charge < -0.3 is 0 Å². The average Bonchev–Trinajstić information content (AvgIpc) is 2.97. The van der Waals surface area contributed by atoms with Crippen molar-refractivity contribution in [2.24, 2.45) is 0 Å². The average molecular weight is 464 g/mol. The van der Waals surface area contributed by atoms with E-state index >= 15 is 0 Å². The fourth-order valence-corrected chi connectivity index (χ4v) is 4.92. The minimum atomic E-state index is -1.22. The molecule has 0 fully saturated rings. The molecule has 0 aliphatic carbocycles. The van der Waals surface area contributed by atoms with Gasteiger partial charge in [0.1, 0.15) is 6.15 Å². The van der Waals surface area contributed by atoms with Crippen LogP contribution in [0.3, 0.4) is 0 Å². The van der Waals surface area contributed by atoms with E-state index < -0.39 is 6.15 Å². The number of nitrogens with zero attached hydrogens (tertiary/aromatic N) is 2. The number of aromatic nitrogens is 1. The van der Waals surface area contributed by atoms with Gasteiger partial charge in [0.15, 0.2) is 18.9 Å². The molecule has 0 unspecified atom stereocenters. The summed E-state index contributed by atoms with van der Waals surface area (Å²) in [5, 5.41) is 8.48. The number of hydrogen-bond donors (Lipinski definition) is 0. The van der Waals surface area contributed by atoms with Crippen molar-refractivity contribution in [2.75, 3.05) is 0 Å². The minimum absolute atomic E-state index is 0.685. The van der Waals surface area contributed by atoms with Gasteiger partial charge in [0.2, 0.25) is 0 Å². The molecule has 0 N–H and O–H groups in total. The smallest absolute Gasteiger partial charge is 0.170 e. The van der Waals surface area contributed by atoms with E-state index in [1.165, 1.54) is 21.9 Å². The first-order valence-electron chi connectivity index (χ1n) is 12.2. The molecule has 0 atom stereocenters. The molecule has 2 nitrogen and oxygen atoms in total. The first-order valence-corrected chi connectivity index (χ1v) is 12.2. The van der Waals surface area contributed by atoms with Crippen molar-refractivity contribution < 1.29 is 4.57 Å². The molecule has 0 spiro atoms. The summed E-state index contributed by atoms with van der Waals surface area (Å²) in [6.07, 6.45) is 4.32. The predicted molar refractivity (Wildman–Crippen MR) is 152 cm³/mol. The summed E-state index contributed by atoms with van der Waals surface area (Å²) in [6.45, 7) is 4.40. The summed E-state index contributed by atoms with van der Waals surface area (Å²) in [6, 6.07) is 49.1. The lowest BCUT2D eigenvalue weighted by molar-refractivity contribution is -0.687. The molecule has 1 heterocycles. The largest absolute Gasteiger partial charge is 0.201 e. The standard InChI is InChI=1S/C24H20B.C9H9N2/c1-5-13-21(14-6-1)25(22-15-7-2-8-16-22,23-17-9-3-10-18-23)24-19-11-4-12-20-24;1-2-5-11-6-3-9(8-10)4-7-11/h1-20H;2-4,6-7H,1,5H2/q-1;+1. The normalized spacial score (nSPS) is 10.4. The monoisotopic (exact) mass is 464 g/mol. The highest BCUT2D eigenvalue weighted by Gasteiger charge is 2.30. The third-order valence-electron chi connectivity index (χ3n) is 6.56. The Morgan fingerprint density at radius 2 is 0.917 bits per heavy atom. The fraction of sp³-hybridized carbons (Fsp3) is 0.0303. The fourth-order valence-electron chi connectivity index (χ4n) is 4.92. The molecule has 0 amide bonds. The predicted octanol–water partition coefficient (Wildman–Crippen LogP) is 4.10. The number of allylic oxidation sites excluding steroid dienone is 1. The molecule has 0 aliphatic heterocycles. The Hall–Kier alpha value is -4.68. The van der Waals surface area contributed by atoms with Crippen LogP contribution in [-0.2, 0) is 6.54 Å². The molecule has 5 rings (SSSR count). The maximum atomic E-state index is 8.48. The third-order valence-corrected chi connectivity index (χ3v) is 6.56. The molecule has 36 heavy (non-hydrogen) atoms. The van der Waals surface area contributed by atoms with Crippen LogP contribution < -0.4 is 26.4 Å². The van der Waals surface area contributed by atoms with Crippen molar-refractivity contribution in [3.8, 4) is 6.07 Å². The van der Waals surface area contributed by atoms with Crippen LogP contribution in [0.4, 0.5) is 0 Å². The lowest BCUT2D eigenvalue weighted by Gasteiger charge is -2.44. The van der Waals surface area contributed by atoms with E-state index in [4.69, 9.17) is 5.26 Å². The minimum Gasteiger partial charge on any atom is -0.201 e. The second kappa shape index (κ2) is 12.2. The van der Waals surface area contributed by atoms with Crippen LogP contribution in [0.2, 0.25) is 0 Å². The maximum Gasteiger partial charge on any atom is 0.170 e. The Morgan fingerprint density at radius 3 is 1.19 bits per heavy atom. The van der Waals surface area contributed by atoms with Gasteiger partial charge in [-0.05, 0) is 6.08 Å². The summed E-state index contributed by atoms with van der Waals surface area (Å²) < 4.78 is 1.95. The quantitative estimate of drug-likeness (QED) is 0.211. The molecule has 0 saturated carbocycles. The molecule has 1 aromatic heterocycles. The lowest BCUT2D eigenvalue weighted by Crippen LogP contribution is -2.74. The van der Waals surface area contributed by atoms with E-state index in [2.05, 4.69) is 134 Å². The van der Waals surface area contributed by atoms with E-state index in [0.717, 1.165) is 6.54 Å². The molecule has 0 aliphatic rings. The van der Waals surface area contributed by atoms with Crippen LogP contribution in [-0.4, -0.2) is 6.15 Å². The van der Waals surface area contributed by atoms with Crippen molar-refractivity contribution in [1.82, 2.24) is 0 Å². The van der Waals surface area contributed by atoms with Gasteiger partial charge in [0.25, 0.3) is 0 Å². The van der Waals surface area contributed by atoms with Crippen molar-refractivity contribution >= 4 is 28.0 Å². The highest BCUT2D eigenvalue weighted by atomic mass is 14.9. The molecule has 0 radical (unpaired) electrons. The van der Waals surface area contributed by atoms with Crippen LogP contribution in [0.25, 0.3) is 0 Å². The van der Waals surface area contributed by atoms with Crippen LogP contribution >= 0.6 is 0 Å². The van der Waals surface area contributed by atoms with Crippen LogP contribution in [0.1, 0.15) is 5.56 Å². The summed E-state index contributed by atoms with van der Waals surface area (Å²) in [5.41, 5.74) is 6.04. The SMILES string of the molecule is C=CC[n+]1ccc(C#N)cc1.c1ccc([B-](c2ccccc2)(c2ccccc2)c2ccccc2)cc1. The zero-order valence-corrected chi connectivity index (χ0v) is 20.3. The van der Waals surface area contributed by atoms with Crippen molar-refractivity contribution in [3.63, 3.8) is 0 Å². The van der Waals surface area contributed by atoms with Crippen molar-refractivity contribution in [2.45, 2.75) is 6.54 Å². The summed E-state index contributed by atoms with van der Waals surface area (Å²) >= 11 is 0. The van der Waals surface area contributed by atoms with Gasteiger partial charge in [-0.3, -0.25) is 0 Å². The van der Waals surface area contributed by atoms with E-state index in [0.29, 0.717) is 5.56 Å². The zero-order chi connectivity index (χ0) is 25.1. The number of rotatable bonds is 6. The van der Waals surface area contributed by atoms with Crippen molar-refractivity contribution in [1.29, 1.82) is 5.26 Å². The molecule has 174 valence electrons. The van der Waals surface area contributed by atoms with E-state index in [9.17, 15) is 0 Å². The molecular weight excluding hydrogens is 435 g/mol. The molecular formula is C33H29BN2. The maximum absolute atomic E-state index is 8.48. The molecule has 5 aromatic rings. The Morgan fingerprint density at radius 1 is 0.583 bits per heavy atom. The molecule has 3 heteroatoms. The van der Waals surface area contributed by atoms with Crippen LogP contribution in [0.5, 0.6) is 0 Å². The van der Waals surface area contributed by atoms with Gasteiger partial charge in [0, 0.05) is 12.1 Å². The van der Waals surface area contributed by atoms with Gasteiger partial charge >= 0.3 is 0 Å². The number of pyridine rings is 1. The van der Waals surface area contributed by atoms with Gasteiger partial charge in [0.05, 0.1) is 11.6 Å². The van der Waals surface area contributed by atoms with Crippen LogP contribution in [0, 0.1) is 11.3 Å². The number of nitriles is 1. The first-order chi connectivity index (χ1) is 17.8. The Kier molecular flexibility index (Phi) is 8.25. The second-order valence-corrected chi connectivity index (χ2v) is 8.69. The topological polar surface area (TPSA) is 27.7 Å². The highest BCUT2D eigenvalue weighted by molar-refractivity contribution is 7.19. The number of benzene rings is 4. The van der Waals surface area contributed by atoms with Crippen molar-refractivity contribution in [3.05, 3.63) is 164 Å². The zero-order valence-electron chi connectivity index (χ0n) is 20.3. The Bertz CT molecular complexity index is 1230. The van der Waals surface area contributed by atoms with Crippen LogP contribution in [0.15, 0.2) is 159 Å². The van der Waals surface area contributed by atoms with Gasteiger partial charge in [-0.2, -0.15) is 27.1 Å². The summed E-state index contributed by atoms with van der Waals surface area (Å²) in [5.74, 6) is 0. The second-order valence-electron chi connectivity index (χ2n) is 8.69. The molecule has 0 saturated heterocycles. The third kappa shape index (κ3) is 5.35. The van der Waals surface area contributed by atoms with Gasteiger partial charge in [-0.1, -0.05) is 128 Å². The van der Waals surface area contributed by atoms with Gasteiger partial charge in [-0.25, -0.2) is 4.57 Å².